The molecule has 0 saturated carbocycles. The van der Waals surface area contributed by atoms with E-state index in [1.165, 1.54) is 5.56 Å². The minimum atomic E-state index is 0.665. The van der Waals surface area contributed by atoms with Crippen LogP contribution < -0.4 is 0 Å². The molecule has 0 aliphatic rings. The normalized spacial score (nSPS) is 11.1. The van der Waals surface area contributed by atoms with Gasteiger partial charge < -0.3 is 8.98 Å². The van der Waals surface area contributed by atoms with Crippen LogP contribution in [0.3, 0.4) is 0 Å². The van der Waals surface area contributed by atoms with Crippen molar-refractivity contribution in [3.05, 3.63) is 72.6 Å². The van der Waals surface area contributed by atoms with E-state index in [1.54, 1.807) is 0 Å². The Morgan fingerprint density at radius 2 is 1.81 bits per heavy atom. The SMILES string of the molecule is Cc1cccc(-c2nc3cc(-n4cccc4)ccc3o2)c1. The van der Waals surface area contributed by atoms with Gasteiger partial charge in [-0.3, -0.25) is 0 Å². The third kappa shape index (κ3) is 2.13. The summed E-state index contributed by atoms with van der Waals surface area (Å²) in [5.74, 6) is 0.665. The van der Waals surface area contributed by atoms with Crippen molar-refractivity contribution >= 4 is 11.1 Å². The molecule has 4 rings (SSSR count). The first-order valence-corrected chi connectivity index (χ1v) is 6.90. The van der Waals surface area contributed by atoms with Crippen molar-refractivity contribution in [3.63, 3.8) is 0 Å². The van der Waals surface area contributed by atoms with E-state index in [0.29, 0.717) is 5.89 Å². The first-order valence-electron chi connectivity index (χ1n) is 6.90. The summed E-state index contributed by atoms with van der Waals surface area (Å²) in [7, 11) is 0. The summed E-state index contributed by atoms with van der Waals surface area (Å²) in [5.41, 5.74) is 4.97. The summed E-state index contributed by atoms with van der Waals surface area (Å²) in [6, 6.07) is 18.2. The second-order valence-corrected chi connectivity index (χ2v) is 5.13. The Balaban J connectivity index is 1.83. The lowest BCUT2D eigenvalue weighted by atomic mass is 10.1. The maximum Gasteiger partial charge on any atom is 0.227 e. The maximum atomic E-state index is 5.86. The number of hydrogen-bond acceptors (Lipinski definition) is 2. The molecule has 0 unspecified atom stereocenters. The monoisotopic (exact) mass is 274 g/mol. The van der Waals surface area contributed by atoms with Crippen molar-refractivity contribution in [3.8, 4) is 17.1 Å². The molecule has 3 heteroatoms. The van der Waals surface area contributed by atoms with Gasteiger partial charge in [-0.05, 0) is 49.4 Å². The average molecular weight is 274 g/mol. The van der Waals surface area contributed by atoms with Crippen LogP contribution >= 0.6 is 0 Å². The van der Waals surface area contributed by atoms with Crippen molar-refractivity contribution in [2.45, 2.75) is 6.92 Å². The van der Waals surface area contributed by atoms with Crippen LogP contribution in [0.5, 0.6) is 0 Å². The Labute approximate surface area is 122 Å². The van der Waals surface area contributed by atoms with Gasteiger partial charge in [-0.25, -0.2) is 4.98 Å². The highest BCUT2D eigenvalue weighted by Crippen LogP contribution is 2.26. The Morgan fingerprint density at radius 3 is 2.62 bits per heavy atom. The van der Waals surface area contributed by atoms with Gasteiger partial charge in [-0.1, -0.05) is 17.7 Å². The molecule has 3 nitrogen and oxygen atoms in total. The van der Waals surface area contributed by atoms with Crippen molar-refractivity contribution in [1.29, 1.82) is 0 Å². The third-order valence-electron chi connectivity index (χ3n) is 3.54. The van der Waals surface area contributed by atoms with E-state index in [0.717, 1.165) is 22.4 Å². The highest BCUT2D eigenvalue weighted by Gasteiger charge is 2.09. The summed E-state index contributed by atoms with van der Waals surface area (Å²) < 4.78 is 7.92. The molecule has 21 heavy (non-hydrogen) atoms. The van der Waals surface area contributed by atoms with E-state index >= 15 is 0 Å². The summed E-state index contributed by atoms with van der Waals surface area (Å²) >= 11 is 0. The van der Waals surface area contributed by atoms with E-state index in [2.05, 4.69) is 28.6 Å². The van der Waals surface area contributed by atoms with E-state index in [4.69, 9.17) is 4.42 Å². The molecular weight excluding hydrogens is 260 g/mol. The molecular formula is C18H14N2O. The van der Waals surface area contributed by atoms with Crippen LogP contribution in [-0.4, -0.2) is 9.55 Å². The molecule has 0 aliphatic carbocycles. The number of aryl methyl sites for hydroxylation is 1. The van der Waals surface area contributed by atoms with Gasteiger partial charge in [0.15, 0.2) is 5.58 Å². The topological polar surface area (TPSA) is 31.0 Å². The Kier molecular flexibility index (Phi) is 2.64. The highest BCUT2D eigenvalue weighted by molar-refractivity contribution is 5.78. The van der Waals surface area contributed by atoms with Gasteiger partial charge in [0.2, 0.25) is 5.89 Å². The van der Waals surface area contributed by atoms with Crippen LogP contribution in [0.15, 0.2) is 71.4 Å². The predicted octanol–water partition coefficient (Wildman–Crippen LogP) is 4.59. The Bertz CT molecular complexity index is 904. The summed E-state index contributed by atoms with van der Waals surface area (Å²) in [6.45, 7) is 2.07. The molecule has 0 N–H and O–H groups in total. The fraction of sp³-hybridized carbons (Fsp3) is 0.0556. The van der Waals surface area contributed by atoms with Crippen LogP contribution in [-0.2, 0) is 0 Å². The van der Waals surface area contributed by atoms with Crippen LogP contribution in [0.4, 0.5) is 0 Å². The van der Waals surface area contributed by atoms with Gasteiger partial charge in [0.1, 0.15) is 5.52 Å². The maximum absolute atomic E-state index is 5.86. The number of aromatic nitrogens is 2. The van der Waals surface area contributed by atoms with E-state index < -0.39 is 0 Å². The minimum Gasteiger partial charge on any atom is -0.436 e. The fourth-order valence-electron chi connectivity index (χ4n) is 2.48. The van der Waals surface area contributed by atoms with E-state index in [-0.39, 0.29) is 0 Å². The molecule has 0 amide bonds. The van der Waals surface area contributed by atoms with E-state index in [9.17, 15) is 0 Å². The zero-order valence-electron chi connectivity index (χ0n) is 11.7. The predicted molar refractivity (Wildman–Crippen MR) is 83.5 cm³/mol. The zero-order chi connectivity index (χ0) is 14.2. The zero-order valence-corrected chi connectivity index (χ0v) is 11.7. The lowest BCUT2D eigenvalue weighted by molar-refractivity contribution is 0.619. The smallest absolute Gasteiger partial charge is 0.227 e. The molecule has 0 aliphatic heterocycles. The number of nitrogens with zero attached hydrogens (tertiary/aromatic N) is 2. The second-order valence-electron chi connectivity index (χ2n) is 5.13. The summed E-state index contributed by atoms with van der Waals surface area (Å²) in [5, 5.41) is 0. The molecule has 2 aromatic carbocycles. The molecule has 0 atom stereocenters. The van der Waals surface area contributed by atoms with Gasteiger partial charge >= 0.3 is 0 Å². The molecule has 4 aromatic rings. The quantitative estimate of drug-likeness (QED) is 0.535. The summed E-state index contributed by atoms with van der Waals surface area (Å²) in [4.78, 5) is 4.61. The van der Waals surface area contributed by atoms with Crippen molar-refractivity contribution < 1.29 is 4.42 Å². The van der Waals surface area contributed by atoms with Crippen LogP contribution in [0.1, 0.15) is 5.56 Å². The average Bonchev–Trinajstić information content (AvgIpc) is 3.16. The third-order valence-corrected chi connectivity index (χ3v) is 3.54. The van der Waals surface area contributed by atoms with Crippen molar-refractivity contribution in [2.75, 3.05) is 0 Å². The molecule has 0 saturated heterocycles. The fourth-order valence-corrected chi connectivity index (χ4v) is 2.48. The lowest BCUT2D eigenvalue weighted by Crippen LogP contribution is -1.88. The molecule has 2 aromatic heterocycles. The van der Waals surface area contributed by atoms with Gasteiger partial charge in [0, 0.05) is 23.6 Å². The first-order chi connectivity index (χ1) is 10.3. The van der Waals surface area contributed by atoms with Crippen LogP contribution in [0.25, 0.3) is 28.2 Å². The van der Waals surface area contributed by atoms with Crippen LogP contribution in [0.2, 0.25) is 0 Å². The number of fused-ring (bicyclic) bond motifs is 1. The molecule has 2 heterocycles. The van der Waals surface area contributed by atoms with Gasteiger partial charge in [0.05, 0.1) is 0 Å². The number of oxazole rings is 1. The van der Waals surface area contributed by atoms with Gasteiger partial charge in [0.25, 0.3) is 0 Å². The largest absolute Gasteiger partial charge is 0.436 e. The number of rotatable bonds is 2. The van der Waals surface area contributed by atoms with Gasteiger partial charge in [-0.15, -0.1) is 0 Å². The lowest BCUT2D eigenvalue weighted by Gasteiger charge is -2.00. The standard InChI is InChI=1S/C18H14N2O/c1-13-5-4-6-14(11-13)18-19-16-12-15(7-8-17(16)21-18)20-9-2-3-10-20/h2-12H,1H3. The van der Waals surface area contributed by atoms with Gasteiger partial charge in [-0.2, -0.15) is 0 Å². The minimum absolute atomic E-state index is 0.665. The number of benzene rings is 2. The molecule has 0 bridgehead atoms. The molecule has 0 spiro atoms. The highest BCUT2D eigenvalue weighted by atomic mass is 16.3. The summed E-state index contributed by atoms with van der Waals surface area (Å²) in [6.07, 6.45) is 4.03. The molecule has 0 radical (unpaired) electrons. The second kappa shape index (κ2) is 4.63. The molecule has 0 fully saturated rings. The Morgan fingerprint density at radius 1 is 0.952 bits per heavy atom. The van der Waals surface area contributed by atoms with E-state index in [1.807, 2.05) is 54.9 Å². The Hall–Kier alpha value is -2.81. The van der Waals surface area contributed by atoms with Crippen molar-refractivity contribution in [1.82, 2.24) is 9.55 Å². The van der Waals surface area contributed by atoms with Crippen LogP contribution in [0, 0.1) is 6.92 Å². The first kappa shape index (κ1) is 12.0. The molecule has 102 valence electrons. The number of hydrogen-bond donors (Lipinski definition) is 0. The van der Waals surface area contributed by atoms with Crippen molar-refractivity contribution in [2.24, 2.45) is 0 Å².